The van der Waals surface area contributed by atoms with Crippen LogP contribution in [0.1, 0.15) is 17.3 Å². The number of benzene rings is 1. The molecule has 0 aliphatic carbocycles. The zero-order valence-corrected chi connectivity index (χ0v) is 16.8. The van der Waals surface area contributed by atoms with Crippen LogP contribution in [0.5, 0.6) is 0 Å². The first-order chi connectivity index (χ1) is 12.3. The van der Waals surface area contributed by atoms with Crippen LogP contribution in [0.2, 0.25) is 5.02 Å². The number of halogens is 2. The molecule has 0 fully saturated rings. The van der Waals surface area contributed by atoms with E-state index in [9.17, 15) is 4.39 Å². The summed E-state index contributed by atoms with van der Waals surface area (Å²) in [4.78, 5) is 8.45. The van der Waals surface area contributed by atoms with Crippen LogP contribution in [0.15, 0.2) is 41.5 Å². The second-order valence-electron chi connectivity index (χ2n) is 6.58. The minimum Gasteiger partial charge on any atom is -0.354 e. The van der Waals surface area contributed by atoms with Gasteiger partial charge in [0.25, 0.3) is 0 Å². The average molecular weight is 380 g/mol. The van der Waals surface area contributed by atoms with Gasteiger partial charge >= 0.3 is 0 Å². The predicted molar refractivity (Wildman–Crippen MR) is 106 cm³/mol. The number of hydrogen-bond acceptors (Lipinski definition) is 2. The van der Waals surface area contributed by atoms with Crippen LogP contribution in [-0.2, 0) is 13.6 Å². The highest BCUT2D eigenvalue weighted by Crippen LogP contribution is 2.18. The second-order valence-corrected chi connectivity index (χ2v) is 7.02. The Labute approximate surface area is 160 Å². The van der Waals surface area contributed by atoms with E-state index in [1.165, 1.54) is 6.07 Å². The molecule has 26 heavy (non-hydrogen) atoms. The number of aryl methyl sites for hydroxylation is 1. The van der Waals surface area contributed by atoms with Crippen LogP contribution in [0.25, 0.3) is 0 Å². The zero-order chi connectivity index (χ0) is 19.3. The lowest BCUT2D eigenvalue weighted by Crippen LogP contribution is -2.42. The number of nitrogens with zero attached hydrogens (tertiary/aromatic N) is 4. The smallest absolute Gasteiger partial charge is 0.193 e. The third-order valence-corrected chi connectivity index (χ3v) is 4.56. The molecule has 1 aromatic heterocycles. The van der Waals surface area contributed by atoms with Crippen LogP contribution in [0, 0.1) is 5.82 Å². The molecule has 1 atom stereocenters. The van der Waals surface area contributed by atoms with Gasteiger partial charge in [0, 0.05) is 39.6 Å². The van der Waals surface area contributed by atoms with Gasteiger partial charge in [-0.15, -0.1) is 0 Å². The van der Waals surface area contributed by atoms with Crippen molar-refractivity contribution in [1.82, 2.24) is 19.7 Å². The van der Waals surface area contributed by atoms with Crippen molar-refractivity contribution in [2.24, 2.45) is 12.0 Å². The third-order valence-electron chi connectivity index (χ3n) is 4.36. The third kappa shape index (κ3) is 5.22. The predicted octanol–water partition coefficient (Wildman–Crippen LogP) is 3.13. The van der Waals surface area contributed by atoms with Crippen molar-refractivity contribution in [2.75, 3.05) is 34.7 Å². The molecule has 0 aliphatic rings. The first kappa shape index (κ1) is 20.3. The number of hydrogen-bond donors (Lipinski definition) is 1. The summed E-state index contributed by atoms with van der Waals surface area (Å²) in [7, 11) is 9.66. The molecule has 7 heteroatoms. The Bertz CT molecular complexity index is 756. The van der Waals surface area contributed by atoms with Crippen LogP contribution in [-0.4, -0.2) is 55.1 Å². The van der Waals surface area contributed by atoms with E-state index in [2.05, 4.69) is 15.2 Å². The number of likely N-dealkylation sites (N-methyl/N-ethyl adjacent to an activating group) is 1. The molecule has 0 aliphatic heterocycles. The van der Waals surface area contributed by atoms with Gasteiger partial charge in [-0.2, -0.15) is 0 Å². The number of rotatable bonds is 6. The minimum atomic E-state index is -0.226. The van der Waals surface area contributed by atoms with Crippen molar-refractivity contribution >= 4 is 17.6 Å². The van der Waals surface area contributed by atoms with Gasteiger partial charge in [-0.1, -0.05) is 23.7 Å². The van der Waals surface area contributed by atoms with Crippen molar-refractivity contribution in [3.8, 4) is 0 Å². The zero-order valence-electron chi connectivity index (χ0n) is 16.0. The minimum absolute atomic E-state index is 0.0281. The molecule has 0 amide bonds. The van der Waals surface area contributed by atoms with Crippen molar-refractivity contribution in [3.63, 3.8) is 0 Å². The van der Waals surface area contributed by atoms with Crippen LogP contribution < -0.4 is 5.32 Å². The van der Waals surface area contributed by atoms with E-state index in [1.54, 1.807) is 19.2 Å². The summed E-state index contributed by atoms with van der Waals surface area (Å²) < 4.78 is 15.6. The van der Waals surface area contributed by atoms with Crippen molar-refractivity contribution in [3.05, 3.63) is 58.6 Å². The largest absolute Gasteiger partial charge is 0.354 e. The lowest BCUT2D eigenvalue weighted by molar-refractivity contribution is 0.294. The first-order valence-electron chi connectivity index (χ1n) is 8.46. The van der Waals surface area contributed by atoms with Gasteiger partial charge in [0.1, 0.15) is 5.82 Å². The van der Waals surface area contributed by atoms with E-state index in [0.717, 1.165) is 22.2 Å². The van der Waals surface area contributed by atoms with Gasteiger partial charge < -0.3 is 19.7 Å². The molecule has 2 rings (SSSR count). The first-order valence-corrected chi connectivity index (χ1v) is 8.84. The van der Waals surface area contributed by atoms with E-state index in [4.69, 9.17) is 11.6 Å². The molecule has 0 spiro atoms. The summed E-state index contributed by atoms with van der Waals surface area (Å²) in [6, 6.07) is 8.68. The summed E-state index contributed by atoms with van der Waals surface area (Å²) in [5, 5.41) is 4.10. The Hall–Kier alpha value is -2.05. The van der Waals surface area contributed by atoms with Gasteiger partial charge in [0.15, 0.2) is 5.96 Å². The van der Waals surface area contributed by atoms with E-state index in [-0.39, 0.29) is 11.9 Å². The van der Waals surface area contributed by atoms with Crippen LogP contribution >= 0.6 is 11.6 Å². The molecule has 1 unspecified atom stereocenters. The Morgan fingerprint density at radius 2 is 2.04 bits per heavy atom. The highest BCUT2D eigenvalue weighted by Gasteiger charge is 2.17. The molecular weight excluding hydrogens is 353 g/mol. The summed E-state index contributed by atoms with van der Waals surface area (Å²) in [5.74, 6) is 0.544. The molecule has 2 aromatic rings. The molecule has 0 saturated heterocycles. The number of guanidine groups is 1. The average Bonchev–Trinajstić information content (AvgIpc) is 2.88. The van der Waals surface area contributed by atoms with Crippen molar-refractivity contribution in [2.45, 2.75) is 12.6 Å². The lowest BCUT2D eigenvalue weighted by atomic mass is 10.1. The maximum atomic E-state index is 13.6. The molecule has 1 N–H and O–H groups in total. The Morgan fingerprint density at radius 3 is 2.58 bits per heavy atom. The molecule has 1 aromatic carbocycles. The van der Waals surface area contributed by atoms with E-state index >= 15 is 0 Å². The topological polar surface area (TPSA) is 35.8 Å². The monoisotopic (exact) mass is 379 g/mol. The summed E-state index contributed by atoms with van der Waals surface area (Å²) in [6.45, 7) is 1.29. The van der Waals surface area contributed by atoms with Gasteiger partial charge in [0.2, 0.25) is 0 Å². The Morgan fingerprint density at radius 1 is 1.31 bits per heavy atom. The maximum Gasteiger partial charge on any atom is 0.193 e. The van der Waals surface area contributed by atoms with Gasteiger partial charge in [-0.05, 0) is 37.9 Å². The van der Waals surface area contributed by atoms with Crippen LogP contribution in [0.4, 0.5) is 4.39 Å². The molecule has 0 bridgehead atoms. The van der Waals surface area contributed by atoms with Crippen LogP contribution in [0.3, 0.4) is 0 Å². The highest BCUT2D eigenvalue weighted by atomic mass is 35.5. The number of aromatic nitrogens is 1. The summed E-state index contributed by atoms with van der Waals surface area (Å²) in [5.41, 5.74) is 2.02. The molecule has 0 saturated carbocycles. The standard InChI is InChI=1S/C19H27ClFN5/c1-22-19(26(5)13-17-10-15(20)12-25(17)4)23-11-18(24(2)3)14-7-6-8-16(21)9-14/h6-10,12,18H,11,13H2,1-5H3,(H,22,23). The quantitative estimate of drug-likeness (QED) is 0.618. The summed E-state index contributed by atoms with van der Waals surface area (Å²) in [6.07, 6.45) is 1.88. The van der Waals surface area contributed by atoms with E-state index in [0.29, 0.717) is 13.1 Å². The number of nitrogens with one attached hydrogen (secondary N) is 1. The lowest BCUT2D eigenvalue weighted by Gasteiger charge is -2.28. The SMILES string of the molecule is CN=C(NCC(c1cccc(F)c1)N(C)C)N(C)Cc1cc(Cl)cn1C. The molecule has 142 valence electrons. The van der Waals surface area contributed by atoms with Crippen molar-refractivity contribution in [1.29, 1.82) is 0 Å². The van der Waals surface area contributed by atoms with Gasteiger partial charge in [0.05, 0.1) is 17.6 Å². The normalized spacial score (nSPS) is 13.2. The molecule has 0 radical (unpaired) electrons. The van der Waals surface area contributed by atoms with Crippen molar-refractivity contribution < 1.29 is 4.39 Å². The Balaban J connectivity index is 2.05. The fourth-order valence-corrected chi connectivity index (χ4v) is 3.20. The second kappa shape index (κ2) is 9.05. The number of aliphatic imine (C=N–C) groups is 1. The van der Waals surface area contributed by atoms with E-state index < -0.39 is 0 Å². The summed E-state index contributed by atoms with van der Waals surface area (Å²) >= 11 is 6.06. The Kier molecular flexibility index (Phi) is 7.06. The fourth-order valence-electron chi connectivity index (χ4n) is 2.93. The van der Waals surface area contributed by atoms with Gasteiger partial charge in [-0.25, -0.2) is 4.39 Å². The maximum absolute atomic E-state index is 13.6. The highest BCUT2D eigenvalue weighted by molar-refractivity contribution is 6.30. The fraction of sp³-hybridized carbons (Fsp3) is 0.421. The van der Waals surface area contributed by atoms with E-state index in [1.807, 2.05) is 56.0 Å². The van der Waals surface area contributed by atoms with Gasteiger partial charge in [-0.3, -0.25) is 4.99 Å². The molecular formula is C19H27ClFN5. The molecule has 5 nitrogen and oxygen atoms in total. The molecule has 1 heterocycles.